The van der Waals surface area contributed by atoms with Crippen LogP contribution in [0, 0.1) is 0 Å². The molecule has 2 aromatic carbocycles. The quantitative estimate of drug-likeness (QED) is 0.615. The lowest BCUT2D eigenvalue weighted by atomic mass is 10.1. The van der Waals surface area contributed by atoms with Crippen molar-refractivity contribution in [3.05, 3.63) is 59.7 Å². The number of para-hydroxylation sites is 1. The molecule has 3 N–H and O–H groups in total. The van der Waals surface area contributed by atoms with E-state index < -0.39 is 16.4 Å². The molecule has 0 radical (unpaired) electrons. The van der Waals surface area contributed by atoms with Crippen LogP contribution in [0.25, 0.3) is 0 Å². The van der Waals surface area contributed by atoms with Gasteiger partial charge in [-0.25, -0.2) is 13.6 Å². The summed E-state index contributed by atoms with van der Waals surface area (Å²) >= 11 is 0. The summed E-state index contributed by atoms with van der Waals surface area (Å²) in [6.07, 6.45) is -4.32. The summed E-state index contributed by atoms with van der Waals surface area (Å²) < 4.78 is 63.9. The Kier molecular flexibility index (Phi) is 7.82. The van der Waals surface area contributed by atoms with Gasteiger partial charge in [0.25, 0.3) is 0 Å². The number of hydrogen-bond donors (Lipinski definition) is 2. The summed E-state index contributed by atoms with van der Waals surface area (Å²) in [7, 11) is -2.15. The molecule has 0 saturated carbocycles. The van der Waals surface area contributed by atoms with Gasteiger partial charge in [-0.3, -0.25) is 9.69 Å². The third kappa shape index (κ3) is 8.01. The van der Waals surface area contributed by atoms with Crippen molar-refractivity contribution in [1.29, 1.82) is 0 Å². The molecule has 1 amide bonds. The number of likely N-dealkylation sites (N-methyl/N-ethyl adjacent to an activating group) is 1. The minimum absolute atomic E-state index is 0.00620. The van der Waals surface area contributed by atoms with Crippen LogP contribution < -0.4 is 15.2 Å². The lowest BCUT2D eigenvalue weighted by molar-refractivity contribution is -0.275. The van der Waals surface area contributed by atoms with Crippen LogP contribution in [-0.4, -0.2) is 45.7 Å². The van der Waals surface area contributed by atoms with Gasteiger partial charge in [-0.05, 0) is 37.2 Å². The van der Waals surface area contributed by atoms with Crippen LogP contribution in [0.1, 0.15) is 11.1 Å². The zero-order valence-corrected chi connectivity index (χ0v) is 17.0. The third-order valence-electron chi connectivity index (χ3n) is 4.04. The lowest BCUT2D eigenvalue weighted by Crippen LogP contribution is -2.36. The van der Waals surface area contributed by atoms with Gasteiger partial charge in [0.2, 0.25) is 15.9 Å². The van der Waals surface area contributed by atoms with Gasteiger partial charge in [-0.15, -0.1) is 13.2 Å². The highest BCUT2D eigenvalue weighted by Crippen LogP contribution is 2.26. The average Bonchev–Trinajstić information content (AvgIpc) is 2.62. The molecular formula is C19H22F3N3O4S. The Hall–Kier alpha value is -2.63. The molecule has 164 valence electrons. The number of ether oxygens (including phenoxy) is 1. The Morgan fingerprint density at radius 1 is 1.13 bits per heavy atom. The second-order valence-corrected chi connectivity index (χ2v) is 8.18. The molecule has 7 nitrogen and oxygen atoms in total. The van der Waals surface area contributed by atoms with E-state index in [-0.39, 0.29) is 29.6 Å². The second kappa shape index (κ2) is 9.92. The summed E-state index contributed by atoms with van der Waals surface area (Å²) in [6.45, 7) is 0.384. The zero-order chi connectivity index (χ0) is 22.4. The van der Waals surface area contributed by atoms with Crippen molar-refractivity contribution in [2.45, 2.75) is 24.2 Å². The molecule has 30 heavy (non-hydrogen) atoms. The van der Waals surface area contributed by atoms with Gasteiger partial charge in [-0.2, -0.15) is 0 Å². The molecule has 2 aromatic rings. The molecule has 0 atom stereocenters. The van der Waals surface area contributed by atoms with Crippen LogP contribution in [0.4, 0.5) is 13.2 Å². The van der Waals surface area contributed by atoms with Crippen LogP contribution >= 0.6 is 0 Å². The third-order valence-corrected chi connectivity index (χ3v) is 4.97. The molecule has 0 unspecified atom stereocenters. The van der Waals surface area contributed by atoms with E-state index in [9.17, 15) is 26.4 Å². The number of rotatable bonds is 9. The van der Waals surface area contributed by atoms with E-state index in [0.29, 0.717) is 18.5 Å². The molecule has 11 heteroatoms. The molecule has 0 saturated heterocycles. The van der Waals surface area contributed by atoms with Gasteiger partial charge in [-0.1, -0.05) is 30.3 Å². The van der Waals surface area contributed by atoms with Gasteiger partial charge < -0.3 is 10.1 Å². The molecule has 2 rings (SSSR count). The van der Waals surface area contributed by atoms with E-state index >= 15 is 0 Å². The highest BCUT2D eigenvalue weighted by atomic mass is 32.2. The first kappa shape index (κ1) is 23.6. The van der Waals surface area contributed by atoms with E-state index in [1.807, 2.05) is 0 Å². The summed E-state index contributed by atoms with van der Waals surface area (Å²) in [5.74, 6) is -0.604. The number of carbonyl (C=O) groups is 1. The molecule has 0 spiro atoms. The Bertz CT molecular complexity index is 964. The molecule has 0 aromatic heterocycles. The Balaban J connectivity index is 1.81. The van der Waals surface area contributed by atoms with Crippen molar-refractivity contribution in [3.63, 3.8) is 0 Å². The van der Waals surface area contributed by atoms with Crippen molar-refractivity contribution < 1.29 is 31.1 Å². The fourth-order valence-electron chi connectivity index (χ4n) is 2.70. The number of benzene rings is 2. The van der Waals surface area contributed by atoms with Crippen molar-refractivity contribution in [2.75, 3.05) is 20.1 Å². The van der Waals surface area contributed by atoms with Gasteiger partial charge in [0.1, 0.15) is 5.75 Å². The maximum absolute atomic E-state index is 12.5. The molecular weight excluding hydrogens is 423 g/mol. The number of nitrogens with one attached hydrogen (secondary N) is 1. The lowest BCUT2D eigenvalue weighted by Gasteiger charge is -2.19. The van der Waals surface area contributed by atoms with Crippen LogP contribution in [0.15, 0.2) is 53.4 Å². The van der Waals surface area contributed by atoms with Gasteiger partial charge >= 0.3 is 6.36 Å². The molecule has 0 bridgehead atoms. The predicted molar refractivity (Wildman–Crippen MR) is 104 cm³/mol. The maximum Gasteiger partial charge on any atom is 0.573 e. The largest absolute Gasteiger partial charge is 0.573 e. The SMILES string of the molecule is CN(CC(=O)NCCc1ccc(S(N)(=O)=O)cc1)Cc1ccccc1OC(F)(F)F. The standard InChI is InChI=1S/C19H22F3N3O4S/c1-25(12-15-4-2-3-5-17(15)29-19(20,21)22)13-18(26)24-11-10-14-6-8-16(9-7-14)30(23,27)28/h2-9H,10-13H2,1H3,(H,24,26)(H2,23,27,28). The molecule has 0 aliphatic rings. The number of halogens is 3. The van der Waals surface area contributed by atoms with Crippen molar-refractivity contribution in [2.24, 2.45) is 5.14 Å². The van der Waals surface area contributed by atoms with Crippen LogP contribution in [-0.2, 0) is 27.8 Å². The first-order valence-corrected chi connectivity index (χ1v) is 10.4. The number of carbonyl (C=O) groups excluding carboxylic acids is 1. The summed E-state index contributed by atoms with van der Waals surface area (Å²) in [4.78, 5) is 13.6. The zero-order valence-electron chi connectivity index (χ0n) is 16.1. The van der Waals surface area contributed by atoms with E-state index in [1.165, 1.54) is 30.3 Å². The highest BCUT2D eigenvalue weighted by molar-refractivity contribution is 7.89. The van der Waals surface area contributed by atoms with Crippen LogP contribution in [0.5, 0.6) is 5.75 Å². The summed E-state index contributed by atoms with van der Waals surface area (Å²) in [5, 5.41) is 7.75. The maximum atomic E-state index is 12.5. The normalized spacial score (nSPS) is 12.1. The molecule has 0 aliphatic carbocycles. The van der Waals surface area contributed by atoms with Gasteiger partial charge in [0.15, 0.2) is 0 Å². The molecule has 0 fully saturated rings. The summed E-state index contributed by atoms with van der Waals surface area (Å²) in [6, 6.07) is 11.7. The van der Waals surface area contributed by atoms with E-state index in [2.05, 4.69) is 10.1 Å². The second-order valence-electron chi connectivity index (χ2n) is 6.62. The first-order valence-electron chi connectivity index (χ1n) is 8.85. The predicted octanol–water partition coefficient (Wildman–Crippen LogP) is 2.02. The molecule has 0 heterocycles. The number of amides is 1. The minimum atomic E-state index is -4.79. The number of primary sulfonamides is 1. The highest BCUT2D eigenvalue weighted by Gasteiger charge is 2.32. The Morgan fingerprint density at radius 3 is 2.37 bits per heavy atom. The van der Waals surface area contributed by atoms with Crippen molar-refractivity contribution >= 4 is 15.9 Å². The number of nitrogens with two attached hydrogens (primary N) is 1. The average molecular weight is 445 g/mol. The monoisotopic (exact) mass is 445 g/mol. The van der Waals surface area contributed by atoms with E-state index in [1.54, 1.807) is 30.1 Å². The fourth-order valence-corrected chi connectivity index (χ4v) is 3.21. The molecule has 0 aliphatic heterocycles. The number of sulfonamides is 1. The topological polar surface area (TPSA) is 102 Å². The van der Waals surface area contributed by atoms with E-state index in [4.69, 9.17) is 5.14 Å². The number of nitrogens with zero attached hydrogens (tertiary/aromatic N) is 1. The van der Waals surface area contributed by atoms with E-state index in [0.717, 1.165) is 5.56 Å². The minimum Gasteiger partial charge on any atom is -0.405 e. The summed E-state index contributed by atoms with van der Waals surface area (Å²) in [5.41, 5.74) is 1.12. The first-order chi connectivity index (χ1) is 13.9. The van der Waals surface area contributed by atoms with Crippen molar-refractivity contribution in [1.82, 2.24) is 10.2 Å². The Morgan fingerprint density at radius 2 is 1.77 bits per heavy atom. The van der Waals surface area contributed by atoms with Gasteiger partial charge in [0, 0.05) is 18.7 Å². The fraction of sp³-hybridized carbons (Fsp3) is 0.316. The Labute approximate surface area is 172 Å². The number of hydrogen-bond acceptors (Lipinski definition) is 5. The van der Waals surface area contributed by atoms with Crippen LogP contribution in [0.3, 0.4) is 0 Å². The van der Waals surface area contributed by atoms with Crippen LogP contribution in [0.2, 0.25) is 0 Å². The van der Waals surface area contributed by atoms with Gasteiger partial charge in [0.05, 0.1) is 11.4 Å². The smallest absolute Gasteiger partial charge is 0.405 e. The number of alkyl halides is 3. The van der Waals surface area contributed by atoms with Crippen molar-refractivity contribution in [3.8, 4) is 5.75 Å².